The maximum absolute atomic E-state index is 11.4. The second kappa shape index (κ2) is 11.8. The van der Waals surface area contributed by atoms with Crippen LogP contribution in [0.2, 0.25) is 0 Å². The van der Waals surface area contributed by atoms with E-state index in [1.807, 2.05) is 12.1 Å². The van der Waals surface area contributed by atoms with Crippen LogP contribution in [0, 0.1) is 11.8 Å². The molecule has 4 N–H and O–H groups in total. The zero-order chi connectivity index (χ0) is 26.6. The molecule has 0 aliphatic rings. The van der Waals surface area contributed by atoms with E-state index in [1.165, 1.54) is 0 Å². The molecule has 0 aliphatic carbocycles. The quantitative estimate of drug-likeness (QED) is 0.281. The summed E-state index contributed by atoms with van der Waals surface area (Å²) >= 11 is 0. The predicted molar refractivity (Wildman–Crippen MR) is 146 cm³/mol. The Bertz CT molecular complexity index is 906. The topological polar surface area (TPSA) is 80.9 Å². The Morgan fingerprint density at radius 2 is 0.971 bits per heavy atom. The molecule has 4 nitrogen and oxygen atoms in total. The Labute approximate surface area is 213 Å². The molecule has 0 aliphatic heterocycles. The van der Waals surface area contributed by atoms with Gasteiger partial charge in [0.25, 0.3) is 0 Å². The van der Waals surface area contributed by atoms with Gasteiger partial charge in [0, 0.05) is 30.8 Å². The highest BCUT2D eigenvalue weighted by Gasteiger charge is 2.31. The van der Waals surface area contributed by atoms with Gasteiger partial charge in [0.1, 0.15) is 11.5 Å². The van der Waals surface area contributed by atoms with Crippen LogP contribution in [-0.4, -0.2) is 33.6 Å². The minimum absolute atomic E-state index is 0.125. The van der Waals surface area contributed by atoms with Crippen molar-refractivity contribution in [1.29, 1.82) is 0 Å². The first-order valence-electron chi connectivity index (χ1n) is 13.2. The van der Waals surface area contributed by atoms with E-state index in [-0.39, 0.29) is 24.0 Å². The fraction of sp³-hybridized carbons (Fsp3) is 0.613. The third kappa shape index (κ3) is 6.59. The van der Waals surface area contributed by atoms with Gasteiger partial charge in [-0.15, -0.1) is 0 Å². The van der Waals surface area contributed by atoms with Crippen LogP contribution in [0.25, 0.3) is 0 Å². The van der Waals surface area contributed by atoms with E-state index in [4.69, 9.17) is 0 Å². The van der Waals surface area contributed by atoms with Gasteiger partial charge in [0.15, 0.2) is 0 Å². The summed E-state index contributed by atoms with van der Waals surface area (Å²) in [5.41, 5.74) is 5.14. The van der Waals surface area contributed by atoms with Crippen LogP contribution in [0.15, 0.2) is 24.3 Å². The van der Waals surface area contributed by atoms with Crippen LogP contribution in [0.5, 0.6) is 11.5 Å². The number of hydrogen-bond acceptors (Lipinski definition) is 4. The molecule has 0 bridgehead atoms. The van der Waals surface area contributed by atoms with E-state index in [1.54, 1.807) is 0 Å². The molecule has 2 aromatic rings. The smallest absolute Gasteiger partial charge is 0.122 e. The lowest BCUT2D eigenvalue weighted by atomic mass is 9.72. The molecule has 196 valence electrons. The van der Waals surface area contributed by atoms with Crippen molar-refractivity contribution in [1.82, 2.24) is 0 Å². The van der Waals surface area contributed by atoms with Crippen molar-refractivity contribution in [2.24, 2.45) is 11.8 Å². The van der Waals surface area contributed by atoms with Gasteiger partial charge in [-0.1, -0.05) is 79.7 Å². The number of aliphatic hydroxyl groups excluding tert-OH is 2. The van der Waals surface area contributed by atoms with E-state index in [0.29, 0.717) is 42.6 Å². The molecule has 2 rings (SSSR count). The molecule has 2 aromatic carbocycles. The van der Waals surface area contributed by atoms with Gasteiger partial charge in [-0.25, -0.2) is 0 Å². The fourth-order valence-corrected chi connectivity index (χ4v) is 4.46. The molecule has 0 spiro atoms. The molecule has 35 heavy (non-hydrogen) atoms. The first-order chi connectivity index (χ1) is 16.3. The number of phenols is 2. The molecule has 0 aromatic heterocycles. The van der Waals surface area contributed by atoms with E-state index in [9.17, 15) is 20.4 Å². The second-order valence-electron chi connectivity index (χ2n) is 11.9. The fourth-order valence-electron chi connectivity index (χ4n) is 4.46. The Hall–Kier alpha value is -2.04. The minimum Gasteiger partial charge on any atom is -0.507 e. The standard InChI is InChI=1S/C31H48O4/c1-20(2)30(5,6)26-17-22(11-9-13-32)15-24(28(26)34)19-25-16-23(12-10-14-33)18-27(29(25)35)31(7,8)21(3)4/h15-18,20-21,32-35H,9-14,19H2,1-8H3. The van der Waals surface area contributed by atoms with Crippen LogP contribution < -0.4 is 0 Å². The van der Waals surface area contributed by atoms with Crippen molar-refractivity contribution in [3.63, 3.8) is 0 Å². The number of phenolic OH excluding ortho intramolecular Hbond substituents is 2. The lowest BCUT2D eigenvalue weighted by Gasteiger charge is -2.33. The molecule has 0 saturated heterocycles. The Morgan fingerprint density at radius 3 is 1.26 bits per heavy atom. The monoisotopic (exact) mass is 484 g/mol. The molecule has 0 unspecified atom stereocenters. The molecule has 0 fully saturated rings. The average Bonchev–Trinajstić information content (AvgIpc) is 2.78. The normalized spacial score (nSPS) is 12.7. The molecular weight excluding hydrogens is 436 g/mol. The minimum atomic E-state index is -0.232. The highest BCUT2D eigenvalue weighted by molar-refractivity contribution is 5.54. The van der Waals surface area contributed by atoms with Crippen molar-refractivity contribution in [2.45, 2.75) is 98.3 Å². The SMILES string of the molecule is CC(C)C(C)(C)c1cc(CCCO)cc(Cc2cc(CCCO)cc(C(C)(C)C(C)C)c2O)c1O. The Balaban J connectivity index is 2.70. The van der Waals surface area contributed by atoms with Gasteiger partial charge in [-0.3, -0.25) is 0 Å². The third-order valence-electron chi connectivity index (χ3n) is 8.40. The number of hydrogen-bond donors (Lipinski definition) is 4. The van der Waals surface area contributed by atoms with Gasteiger partial charge < -0.3 is 20.4 Å². The van der Waals surface area contributed by atoms with Crippen LogP contribution in [0.4, 0.5) is 0 Å². The van der Waals surface area contributed by atoms with Gasteiger partial charge >= 0.3 is 0 Å². The van der Waals surface area contributed by atoms with E-state index in [2.05, 4.69) is 67.5 Å². The van der Waals surface area contributed by atoms with E-state index in [0.717, 1.165) is 46.2 Å². The summed E-state index contributed by atoms with van der Waals surface area (Å²) < 4.78 is 0. The first-order valence-corrected chi connectivity index (χ1v) is 13.2. The molecular formula is C31H48O4. The number of aryl methyl sites for hydroxylation is 2. The van der Waals surface area contributed by atoms with Crippen molar-refractivity contribution in [2.75, 3.05) is 13.2 Å². The average molecular weight is 485 g/mol. The maximum atomic E-state index is 11.4. The van der Waals surface area contributed by atoms with Gasteiger partial charge in [0.05, 0.1) is 0 Å². The van der Waals surface area contributed by atoms with Crippen LogP contribution in [-0.2, 0) is 30.1 Å². The van der Waals surface area contributed by atoms with Crippen molar-refractivity contribution in [3.05, 3.63) is 57.6 Å². The highest BCUT2D eigenvalue weighted by Crippen LogP contribution is 2.43. The summed E-state index contributed by atoms with van der Waals surface area (Å²) in [7, 11) is 0. The van der Waals surface area contributed by atoms with Gasteiger partial charge in [-0.2, -0.15) is 0 Å². The number of aliphatic hydroxyl groups is 2. The number of rotatable bonds is 12. The first kappa shape index (κ1) is 29.2. The molecule has 0 atom stereocenters. The van der Waals surface area contributed by atoms with Crippen LogP contribution >= 0.6 is 0 Å². The Kier molecular flexibility index (Phi) is 9.84. The summed E-state index contributed by atoms with van der Waals surface area (Å²) in [5.74, 6) is 1.23. The number of aromatic hydroxyl groups is 2. The van der Waals surface area contributed by atoms with Crippen LogP contribution in [0.1, 0.15) is 102 Å². The molecule has 0 amide bonds. The molecule has 0 heterocycles. The summed E-state index contributed by atoms with van der Waals surface area (Å²) in [6.07, 6.45) is 3.22. The third-order valence-corrected chi connectivity index (χ3v) is 8.40. The number of benzene rings is 2. The lowest BCUT2D eigenvalue weighted by molar-refractivity contribution is 0.288. The van der Waals surface area contributed by atoms with Crippen molar-refractivity contribution >= 4 is 0 Å². The summed E-state index contributed by atoms with van der Waals surface area (Å²) in [5, 5.41) is 41.7. The summed E-state index contributed by atoms with van der Waals surface area (Å²) in [4.78, 5) is 0. The molecule has 4 heteroatoms. The Morgan fingerprint density at radius 1 is 0.629 bits per heavy atom. The summed E-state index contributed by atoms with van der Waals surface area (Å²) in [6.45, 7) is 17.5. The maximum Gasteiger partial charge on any atom is 0.122 e. The molecule has 0 radical (unpaired) electrons. The van der Waals surface area contributed by atoms with E-state index >= 15 is 0 Å². The summed E-state index contributed by atoms with van der Waals surface area (Å²) in [6, 6.07) is 8.22. The highest BCUT2D eigenvalue weighted by atomic mass is 16.3. The second-order valence-corrected chi connectivity index (χ2v) is 11.9. The molecule has 0 saturated carbocycles. The van der Waals surface area contributed by atoms with Crippen molar-refractivity contribution in [3.8, 4) is 11.5 Å². The zero-order valence-electron chi connectivity index (χ0n) is 23.2. The predicted octanol–water partition coefficient (Wildman–Crippen LogP) is 6.41. The van der Waals surface area contributed by atoms with E-state index < -0.39 is 0 Å². The van der Waals surface area contributed by atoms with Crippen molar-refractivity contribution < 1.29 is 20.4 Å². The van der Waals surface area contributed by atoms with Gasteiger partial charge in [-0.05, 0) is 70.6 Å². The lowest BCUT2D eigenvalue weighted by Crippen LogP contribution is -2.25. The largest absolute Gasteiger partial charge is 0.507 e. The van der Waals surface area contributed by atoms with Gasteiger partial charge in [0.2, 0.25) is 0 Å². The zero-order valence-corrected chi connectivity index (χ0v) is 23.2. The van der Waals surface area contributed by atoms with Crippen LogP contribution in [0.3, 0.4) is 0 Å².